The van der Waals surface area contributed by atoms with E-state index in [4.69, 9.17) is 0 Å². The van der Waals surface area contributed by atoms with Gasteiger partial charge in [0.15, 0.2) is 0 Å². The molecule has 0 aromatic heterocycles. The summed E-state index contributed by atoms with van der Waals surface area (Å²) in [5, 5.41) is 2.55. The summed E-state index contributed by atoms with van der Waals surface area (Å²) in [5.74, 6) is 0. The zero-order valence-corrected chi connectivity index (χ0v) is 11.6. The van der Waals surface area contributed by atoms with Crippen molar-refractivity contribution >= 4 is 21.7 Å². The van der Waals surface area contributed by atoms with Gasteiger partial charge in [-0.3, -0.25) is 0 Å². The number of benzene rings is 1. The Hall–Kier alpha value is -1.56. The van der Waals surface area contributed by atoms with Gasteiger partial charge in [0.25, 0.3) is 10.0 Å². The number of hydrogen-bond acceptors (Lipinski definition) is 3. The van der Waals surface area contributed by atoms with Gasteiger partial charge in [0.05, 0.1) is 5.69 Å². The maximum absolute atomic E-state index is 12.2. The quantitative estimate of drug-likeness (QED) is 0.784. The lowest BCUT2D eigenvalue weighted by atomic mass is 9.87. The maximum atomic E-state index is 12.2. The van der Waals surface area contributed by atoms with Gasteiger partial charge in [0, 0.05) is 7.05 Å². The summed E-state index contributed by atoms with van der Waals surface area (Å²) >= 11 is 0. The van der Waals surface area contributed by atoms with E-state index in [0.29, 0.717) is 5.69 Å². The number of hydrogen-bond donors (Lipinski definition) is 1. The zero-order chi connectivity index (χ0) is 13.7. The first-order chi connectivity index (χ1) is 8.14. The molecule has 6 heteroatoms. The Morgan fingerprint density at radius 3 is 2.39 bits per heavy atom. The van der Waals surface area contributed by atoms with Crippen molar-refractivity contribution in [1.82, 2.24) is 4.31 Å². The molecule has 1 aromatic rings. The number of carbonyl (C=O) groups excluding carboxylic acids is 1. The third kappa shape index (κ3) is 1.86. The molecule has 1 aliphatic rings. The van der Waals surface area contributed by atoms with Crippen molar-refractivity contribution < 1.29 is 13.2 Å². The van der Waals surface area contributed by atoms with E-state index in [9.17, 15) is 13.2 Å². The van der Waals surface area contributed by atoms with Crippen molar-refractivity contribution in [3.05, 3.63) is 23.8 Å². The Balaban J connectivity index is 2.67. The van der Waals surface area contributed by atoms with Crippen LogP contribution in [0.4, 0.5) is 10.5 Å². The molecule has 0 unspecified atom stereocenters. The number of nitrogens with one attached hydrogen (secondary N) is 1. The van der Waals surface area contributed by atoms with Crippen molar-refractivity contribution in [3.63, 3.8) is 0 Å². The SMILES string of the molecule is CN1C(=O)Nc2ccc(C(C)(C)C)cc2S1(=O)=O. The van der Waals surface area contributed by atoms with E-state index in [-0.39, 0.29) is 10.3 Å². The second-order valence-corrected chi connectivity index (χ2v) is 7.30. The summed E-state index contributed by atoms with van der Waals surface area (Å²) in [7, 11) is -2.48. The normalized spacial score (nSPS) is 18.2. The molecule has 0 saturated carbocycles. The lowest BCUT2D eigenvalue weighted by Gasteiger charge is -2.28. The minimum atomic E-state index is -3.73. The molecule has 18 heavy (non-hydrogen) atoms. The fraction of sp³-hybridized carbons (Fsp3) is 0.417. The summed E-state index contributed by atoms with van der Waals surface area (Å²) < 4.78 is 25.0. The standard InChI is InChI=1S/C12H16N2O3S/c1-12(2,3)8-5-6-9-10(7-8)18(16,17)14(4)11(15)13-9/h5-7H,1-4H3,(H,13,15). The van der Waals surface area contributed by atoms with Crippen LogP contribution < -0.4 is 5.32 Å². The monoisotopic (exact) mass is 268 g/mol. The molecule has 1 aromatic carbocycles. The number of anilines is 1. The number of amides is 2. The van der Waals surface area contributed by atoms with Crippen LogP contribution in [-0.2, 0) is 15.4 Å². The van der Waals surface area contributed by atoms with E-state index in [1.807, 2.05) is 26.8 Å². The van der Waals surface area contributed by atoms with Crippen molar-refractivity contribution in [1.29, 1.82) is 0 Å². The van der Waals surface area contributed by atoms with Crippen molar-refractivity contribution in [2.45, 2.75) is 31.1 Å². The molecule has 2 rings (SSSR count). The highest BCUT2D eigenvalue weighted by molar-refractivity contribution is 7.90. The van der Waals surface area contributed by atoms with E-state index in [0.717, 1.165) is 9.87 Å². The van der Waals surface area contributed by atoms with Crippen LogP contribution in [0.1, 0.15) is 26.3 Å². The third-order valence-electron chi connectivity index (χ3n) is 3.01. The smallest absolute Gasteiger partial charge is 0.306 e. The minimum absolute atomic E-state index is 0.148. The molecule has 0 radical (unpaired) electrons. The van der Waals surface area contributed by atoms with E-state index in [2.05, 4.69) is 5.32 Å². The average Bonchev–Trinajstić information content (AvgIpc) is 2.25. The van der Waals surface area contributed by atoms with Crippen LogP contribution in [0.15, 0.2) is 23.1 Å². The summed E-state index contributed by atoms with van der Waals surface area (Å²) in [6, 6.07) is 4.46. The Kier molecular flexibility index (Phi) is 2.66. The van der Waals surface area contributed by atoms with E-state index < -0.39 is 16.1 Å². The molecule has 1 heterocycles. The van der Waals surface area contributed by atoms with Crippen LogP contribution >= 0.6 is 0 Å². The molecular weight excluding hydrogens is 252 g/mol. The lowest BCUT2D eigenvalue weighted by molar-refractivity contribution is 0.240. The number of nitrogens with zero attached hydrogens (tertiary/aromatic N) is 1. The minimum Gasteiger partial charge on any atom is -0.306 e. The Bertz CT molecular complexity index is 615. The topological polar surface area (TPSA) is 66.5 Å². The highest BCUT2D eigenvalue weighted by atomic mass is 32.2. The molecule has 0 saturated heterocycles. The third-order valence-corrected chi connectivity index (χ3v) is 4.79. The van der Waals surface area contributed by atoms with Gasteiger partial charge in [0.2, 0.25) is 0 Å². The van der Waals surface area contributed by atoms with Crippen molar-refractivity contribution in [3.8, 4) is 0 Å². The van der Waals surface area contributed by atoms with Crippen LogP contribution in [-0.4, -0.2) is 25.8 Å². The first kappa shape index (κ1) is 12.9. The van der Waals surface area contributed by atoms with E-state index in [1.165, 1.54) is 7.05 Å². The second-order valence-electron chi connectivity index (χ2n) is 5.36. The molecule has 0 spiro atoms. The first-order valence-electron chi connectivity index (χ1n) is 5.58. The molecule has 0 fully saturated rings. The number of rotatable bonds is 0. The zero-order valence-electron chi connectivity index (χ0n) is 10.8. The van der Waals surface area contributed by atoms with Crippen LogP contribution in [0.5, 0.6) is 0 Å². The molecule has 98 valence electrons. The first-order valence-corrected chi connectivity index (χ1v) is 7.02. The summed E-state index contributed by atoms with van der Waals surface area (Å²) in [5.41, 5.74) is 1.10. The van der Waals surface area contributed by atoms with E-state index >= 15 is 0 Å². The van der Waals surface area contributed by atoms with Gasteiger partial charge in [-0.05, 0) is 23.1 Å². The average molecular weight is 268 g/mol. The van der Waals surface area contributed by atoms with Crippen molar-refractivity contribution in [2.75, 3.05) is 12.4 Å². The molecular formula is C12H16N2O3S. The summed E-state index contributed by atoms with van der Waals surface area (Å²) in [4.78, 5) is 11.6. The van der Waals surface area contributed by atoms with Crippen molar-refractivity contribution in [2.24, 2.45) is 0 Å². The predicted octanol–water partition coefficient (Wildman–Crippen LogP) is 2.15. The van der Waals surface area contributed by atoms with Crippen LogP contribution in [0.2, 0.25) is 0 Å². The molecule has 1 aliphatic heterocycles. The Morgan fingerprint density at radius 1 is 1.22 bits per heavy atom. The molecule has 0 atom stereocenters. The highest BCUT2D eigenvalue weighted by Crippen LogP contribution is 2.33. The van der Waals surface area contributed by atoms with Crippen LogP contribution in [0.3, 0.4) is 0 Å². The number of fused-ring (bicyclic) bond motifs is 1. The van der Waals surface area contributed by atoms with Gasteiger partial charge < -0.3 is 5.32 Å². The Labute approximate surface area is 107 Å². The van der Waals surface area contributed by atoms with Gasteiger partial charge in [-0.2, -0.15) is 0 Å². The number of carbonyl (C=O) groups is 1. The molecule has 1 N–H and O–H groups in total. The molecule has 0 aliphatic carbocycles. The lowest BCUT2D eigenvalue weighted by Crippen LogP contribution is -2.41. The second kappa shape index (κ2) is 3.71. The van der Waals surface area contributed by atoms with Gasteiger partial charge in [-0.1, -0.05) is 26.8 Å². The molecule has 0 bridgehead atoms. The largest absolute Gasteiger partial charge is 0.335 e. The summed E-state index contributed by atoms with van der Waals surface area (Å²) in [6.07, 6.45) is 0. The molecule has 2 amide bonds. The van der Waals surface area contributed by atoms with Gasteiger partial charge in [-0.15, -0.1) is 0 Å². The van der Waals surface area contributed by atoms with Crippen LogP contribution in [0, 0.1) is 0 Å². The van der Waals surface area contributed by atoms with E-state index in [1.54, 1.807) is 12.1 Å². The predicted molar refractivity (Wildman–Crippen MR) is 69.1 cm³/mol. The maximum Gasteiger partial charge on any atom is 0.335 e. The highest BCUT2D eigenvalue weighted by Gasteiger charge is 2.34. The molecule has 5 nitrogen and oxygen atoms in total. The fourth-order valence-electron chi connectivity index (χ4n) is 1.76. The fourth-order valence-corrected chi connectivity index (χ4v) is 2.99. The van der Waals surface area contributed by atoms with Gasteiger partial charge in [0.1, 0.15) is 4.90 Å². The number of urea groups is 1. The Morgan fingerprint density at radius 2 is 1.83 bits per heavy atom. The van der Waals surface area contributed by atoms with Gasteiger partial charge >= 0.3 is 6.03 Å². The van der Waals surface area contributed by atoms with Crippen LogP contribution in [0.25, 0.3) is 0 Å². The summed E-state index contributed by atoms with van der Waals surface area (Å²) in [6.45, 7) is 6.02. The van der Waals surface area contributed by atoms with Gasteiger partial charge in [-0.25, -0.2) is 17.5 Å². The number of sulfonamides is 1.